The average molecular weight is 605 g/mol. The van der Waals surface area contributed by atoms with Crippen molar-refractivity contribution in [2.24, 2.45) is 0 Å². The van der Waals surface area contributed by atoms with Crippen molar-refractivity contribution in [2.45, 2.75) is 26.1 Å². The quantitative estimate of drug-likeness (QED) is 0.183. The number of pyridine rings is 1. The van der Waals surface area contributed by atoms with Crippen LogP contribution in [0.25, 0.3) is 44.2 Å². The third kappa shape index (κ3) is 5.18. The van der Waals surface area contributed by atoms with Crippen molar-refractivity contribution in [1.82, 2.24) is 24.8 Å². The van der Waals surface area contributed by atoms with E-state index in [-0.39, 0.29) is 35.4 Å². The van der Waals surface area contributed by atoms with Crippen LogP contribution in [0.5, 0.6) is 0 Å². The van der Waals surface area contributed by atoms with Gasteiger partial charge in [-0.1, -0.05) is 36.4 Å². The largest absolute Gasteiger partial charge is 0.456 e. The van der Waals surface area contributed by atoms with Crippen LogP contribution in [0, 0.1) is 11.6 Å². The second kappa shape index (κ2) is 11.3. The van der Waals surface area contributed by atoms with E-state index >= 15 is 0 Å². The first-order valence-electron chi connectivity index (χ1n) is 14.3. The standard InChI is InChI=1S/C34H26F2N6O3/c1-19(20-10-11-30-23(14-20)21-6-3-5-9-29(21)45-30)40-28-17-39-33(22-7-2-4-8-25(22)35)42(34(28)44)18-31(43)38-16-27-32(36)24-15-37-13-12-26(24)41-27/h2-15,17,19,40-41H,16,18H2,1H3,(H,38,43)/t19-/m1/s1. The predicted octanol–water partition coefficient (Wildman–Crippen LogP) is 6.45. The second-order valence-corrected chi connectivity index (χ2v) is 10.7. The summed E-state index contributed by atoms with van der Waals surface area (Å²) in [7, 11) is 0. The van der Waals surface area contributed by atoms with Crippen LogP contribution < -0.4 is 16.2 Å². The topological polar surface area (TPSA) is 118 Å². The Morgan fingerprint density at radius 2 is 1.78 bits per heavy atom. The van der Waals surface area contributed by atoms with Gasteiger partial charge in [0.05, 0.1) is 34.9 Å². The molecular weight excluding hydrogens is 578 g/mol. The number of aromatic nitrogens is 4. The van der Waals surface area contributed by atoms with Gasteiger partial charge in [0.25, 0.3) is 5.56 Å². The molecule has 0 unspecified atom stereocenters. The fourth-order valence-electron chi connectivity index (χ4n) is 5.49. The molecule has 4 aromatic heterocycles. The number of para-hydroxylation sites is 1. The van der Waals surface area contributed by atoms with Crippen molar-refractivity contribution in [1.29, 1.82) is 0 Å². The Balaban J connectivity index is 1.18. The number of furan rings is 1. The van der Waals surface area contributed by atoms with Crippen molar-refractivity contribution < 1.29 is 18.0 Å². The van der Waals surface area contributed by atoms with Gasteiger partial charge < -0.3 is 20.0 Å². The molecule has 7 aromatic rings. The average Bonchev–Trinajstić information content (AvgIpc) is 3.59. The summed E-state index contributed by atoms with van der Waals surface area (Å²) in [5.74, 6) is -1.72. The lowest BCUT2D eigenvalue weighted by atomic mass is 10.0. The summed E-state index contributed by atoms with van der Waals surface area (Å²) in [5.41, 5.74) is 2.76. The maximum atomic E-state index is 14.9. The first kappa shape index (κ1) is 28.0. The van der Waals surface area contributed by atoms with Crippen LogP contribution in [0.1, 0.15) is 24.2 Å². The molecular formula is C34H26F2N6O3. The number of hydrogen-bond donors (Lipinski definition) is 3. The van der Waals surface area contributed by atoms with Gasteiger partial charge in [0.1, 0.15) is 35.0 Å². The molecule has 3 aromatic carbocycles. The number of benzene rings is 3. The van der Waals surface area contributed by atoms with Crippen LogP contribution in [0.15, 0.2) is 101 Å². The minimum atomic E-state index is -0.595. The molecule has 7 rings (SSSR count). The van der Waals surface area contributed by atoms with Gasteiger partial charge in [0.15, 0.2) is 5.82 Å². The Morgan fingerprint density at radius 1 is 0.978 bits per heavy atom. The molecule has 11 heteroatoms. The van der Waals surface area contributed by atoms with E-state index in [1.165, 1.54) is 36.8 Å². The van der Waals surface area contributed by atoms with Gasteiger partial charge in [-0.25, -0.2) is 13.8 Å². The Morgan fingerprint density at radius 3 is 2.62 bits per heavy atom. The predicted molar refractivity (Wildman–Crippen MR) is 168 cm³/mol. The first-order valence-corrected chi connectivity index (χ1v) is 14.3. The molecule has 0 aliphatic heterocycles. The van der Waals surface area contributed by atoms with Crippen LogP contribution in [-0.4, -0.2) is 25.4 Å². The fourth-order valence-corrected chi connectivity index (χ4v) is 5.49. The molecule has 224 valence electrons. The van der Waals surface area contributed by atoms with Crippen molar-refractivity contribution in [2.75, 3.05) is 5.32 Å². The van der Waals surface area contributed by atoms with E-state index in [2.05, 4.69) is 25.6 Å². The summed E-state index contributed by atoms with van der Waals surface area (Å²) in [4.78, 5) is 38.2. The zero-order chi connectivity index (χ0) is 31.1. The number of hydrogen-bond acceptors (Lipinski definition) is 6. The summed E-state index contributed by atoms with van der Waals surface area (Å²) in [6.45, 7) is 1.27. The third-order valence-electron chi connectivity index (χ3n) is 7.81. The number of nitrogens with zero attached hydrogens (tertiary/aromatic N) is 3. The Hall–Kier alpha value is -5.84. The van der Waals surface area contributed by atoms with Gasteiger partial charge in [-0.05, 0) is 48.9 Å². The molecule has 0 saturated carbocycles. The highest BCUT2D eigenvalue weighted by Crippen LogP contribution is 2.31. The summed E-state index contributed by atoms with van der Waals surface area (Å²) in [5, 5.41) is 8.08. The van der Waals surface area contributed by atoms with Gasteiger partial charge in [-0.15, -0.1) is 0 Å². The third-order valence-corrected chi connectivity index (χ3v) is 7.81. The molecule has 45 heavy (non-hydrogen) atoms. The molecule has 3 N–H and O–H groups in total. The number of nitrogens with one attached hydrogen (secondary N) is 3. The van der Waals surface area contributed by atoms with Gasteiger partial charge >= 0.3 is 0 Å². The highest BCUT2D eigenvalue weighted by atomic mass is 19.1. The number of anilines is 1. The van der Waals surface area contributed by atoms with Crippen molar-refractivity contribution in [3.63, 3.8) is 0 Å². The zero-order valence-corrected chi connectivity index (χ0v) is 24.0. The van der Waals surface area contributed by atoms with E-state index in [1.54, 1.807) is 12.1 Å². The van der Waals surface area contributed by atoms with Crippen LogP contribution in [0.3, 0.4) is 0 Å². The van der Waals surface area contributed by atoms with E-state index in [9.17, 15) is 18.4 Å². The normalized spacial score (nSPS) is 12.2. The zero-order valence-electron chi connectivity index (χ0n) is 24.0. The molecule has 1 atom stereocenters. The van der Waals surface area contributed by atoms with E-state index in [4.69, 9.17) is 4.42 Å². The Labute approximate surface area is 254 Å². The number of H-pyrrole nitrogens is 1. The van der Waals surface area contributed by atoms with E-state index in [0.717, 1.165) is 32.1 Å². The van der Waals surface area contributed by atoms with Gasteiger partial charge in [-0.2, -0.15) is 0 Å². The lowest BCUT2D eigenvalue weighted by Gasteiger charge is -2.18. The highest BCUT2D eigenvalue weighted by Gasteiger charge is 2.20. The number of rotatable bonds is 8. The monoisotopic (exact) mass is 604 g/mol. The molecule has 0 aliphatic rings. The van der Waals surface area contributed by atoms with Gasteiger partial charge in [0.2, 0.25) is 5.91 Å². The summed E-state index contributed by atoms with van der Waals surface area (Å²) < 4.78 is 36.7. The Kier molecular flexibility index (Phi) is 7.05. The maximum Gasteiger partial charge on any atom is 0.277 e. The molecule has 0 aliphatic carbocycles. The van der Waals surface area contributed by atoms with Gasteiger partial charge in [-0.3, -0.25) is 19.1 Å². The molecule has 0 spiro atoms. The van der Waals surface area contributed by atoms with Crippen LogP contribution in [-0.2, 0) is 17.9 Å². The maximum absolute atomic E-state index is 14.9. The number of carbonyl (C=O) groups is 1. The number of fused-ring (bicyclic) bond motifs is 4. The van der Waals surface area contributed by atoms with Crippen LogP contribution >= 0.6 is 0 Å². The number of aromatic amines is 1. The second-order valence-electron chi connectivity index (χ2n) is 10.7. The van der Waals surface area contributed by atoms with Crippen molar-refractivity contribution in [3.05, 3.63) is 125 Å². The van der Waals surface area contributed by atoms with Crippen molar-refractivity contribution >= 4 is 44.4 Å². The fraction of sp³-hybridized carbons (Fsp3) is 0.118. The van der Waals surface area contributed by atoms with E-state index < -0.39 is 29.6 Å². The smallest absolute Gasteiger partial charge is 0.277 e. The van der Waals surface area contributed by atoms with Crippen LogP contribution in [0.4, 0.5) is 14.5 Å². The molecule has 0 fully saturated rings. The SMILES string of the molecule is C[C@@H](Nc1cnc(-c2ccccc2F)n(CC(=O)NCc2[nH]c3ccncc3c2F)c1=O)c1ccc2oc3ccccc3c2c1. The van der Waals surface area contributed by atoms with Gasteiger partial charge in [0, 0.05) is 29.2 Å². The molecule has 0 bridgehead atoms. The molecule has 0 radical (unpaired) electrons. The number of amides is 1. The lowest BCUT2D eigenvalue weighted by Crippen LogP contribution is -2.34. The lowest BCUT2D eigenvalue weighted by molar-refractivity contribution is -0.121. The summed E-state index contributed by atoms with van der Waals surface area (Å²) in [6.07, 6.45) is 4.27. The van der Waals surface area contributed by atoms with E-state index in [0.29, 0.717) is 10.9 Å². The summed E-state index contributed by atoms with van der Waals surface area (Å²) >= 11 is 0. The number of carbonyl (C=O) groups excluding carboxylic acids is 1. The minimum absolute atomic E-state index is 0.0133. The first-order chi connectivity index (χ1) is 21.9. The molecule has 4 heterocycles. The highest BCUT2D eigenvalue weighted by molar-refractivity contribution is 6.05. The van der Waals surface area contributed by atoms with Crippen LogP contribution in [0.2, 0.25) is 0 Å². The number of halogens is 2. The molecule has 9 nitrogen and oxygen atoms in total. The van der Waals surface area contributed by atoms with Crippen molar-refractivity contribution in [3.8, 4) is 11.4 Å². The Bertz CT molecular complexity index is 2290. The van der Waals surface area contributed by atoms with E-state index in [1.807, 2.05) is 49.4 Å². The minimum Gasteiger partial charge on any atom is -0.456 e. The molecule has 0 saturated heterocycles. The molecule has 1 amide bonds. The summed E-state index contributed by atoms with van der Waals surface area (Å²) in [6, 6.07) is 20.7.